The summed E-state index contributed by atoms with van der Waals surface area (Å²) in [6.45, 7) is 4.19. The minimum atomic E-state index is -5.03. The minimum Gasteiger partial charge on any atom is -0.462 e. The number of phosphoric acid groups is 2. The molecular weight excluding hydrogens is 1450 g/mol. The number of aliphatic hydroxyl groups excluding tert-OH is 1. The zero-order valence-corrected chi connectivity index (χ0v) is 70.5. The predicted molar refractivity (Wildman–Crippen MR) is 463 cm³/mol. The molecule has 0 aromatic rings. The average Bonchev–Trinajstić information content (AvgIpc) is 0.895. The van der Waals surface area contributed by atoms with Crippen molar-refractivity contribution in [3.8, 4) is 0 Å². The molecule has 0 heterocycles. The SMILES string of the molecule is CC/C=C\C/C=C\C/C=C\C/C=C\C/C=C\C/C=C\CCC(=O)OCC(COP(=O)(O)OCC(O)COP(=O)(O)OCC(COC(=O)CCCCCCCC/C=C\C/C=C\C/C=C\C/C=C\CC)OC(=O)CCCCCC/C=C\C/C=C\C/C=C\C/C=C\CC)OC(=O)CCC/C=C\C/C=C\C/C=C\C/C=C\C/C=C\CC. The fourth-order valence-corrected chi connectivity index (χ4v) is 11.5. The zero-order chi connectivity index (χ0) is 81.7. The molecule has 19 heteroatoms. The molecule has 0 aromatic heterocycles. The maximum absolute atomic E-state index is 13.1. The number of aliphatic hydroxyl groups is 1. The summed E-state index contributed by atoms with van der Waals surface area (Å²) in [6, 6.07) is 0. The Kier molecular flexibility index (Phi) is 77.1. The summed E-state index contributed by atoms with van der Waals surface area (Å²) in [5.41, 5.74) is 0. The monoisotopic (exact) mass is 1590 g/mol. The van der Waals surface area contributed by atoms with Crippen LogP contribution in [-0.4, -0.2) is 96.7 Å². The molecule has 0 saturated carbocycles. The van der Waals surface area contributed by atoms with Crippen molar-refractivity contribution in [2.24, 2.45) is 0 Å². The van der Waals surface area contributed by atoms with Crippen LogP contribution in [0.2, 0.25) is 0 Å². The first-order valence-corrected chi connectivity index (χ1v) is 44.6. The van der Waals surface area contributed by atoms with E-state index in [-0.39, 0.29) is 25.7 Å². The van der Waals surface area contributed by atoms with Crippen molar-refractivity contribution in [2.75, 3.05) is 39.6 Å². The van der Waals surface area contributed by atoms with Crippen LogP contribution in [0.5, 0.6) is 0 Å². The lowest BCUT2D eigenvalue weighted by molar-refractivity contribution is -0.161. The molecule has 5 atom stereocenters. The highest BCUT2D eigenvalue weighted by atomic mass is 31.2. The van der Waals surface area contributed by atoms with Gasteiger partial charge in [0, 0.05) is 25.7 Å². The van der Waals surface area contributed by atoms with Gasteiger partial charge in [-0.25, -0.2) is 9.13 Å². The molecule has 0 saturated heterocycles. The number of carbonyl (C=O) groups is 4. The Bertz CT molecular complexity index is 3040. The quantitative estimate of drug-likeness (QED) is 0.0169. The maximum Gasteiger partial charge on any atom is 0.472 e. The number of ether oxygens (including phenoxy) is 4. The van der Waals surface area contributed by atoms with E-state index >= 15 is 0 Å². The zero-order valence-electron chi connectivity index (χ0n) is 68.7. The average molecular weight is 1600 g/mol. The number of phosphoric ester groups is 2. The Morgan fingerprint density at radius 3 is 0.759 bits per heavy atom. The molecule has 0 radical (unpaired) electrons. The van der Waals surface area contributed by atoms with Crippen LogP contribution < -0.4 is 0 Å². The van der Waals surface area contributed by atoms with E-state index in [0.717, 1.165) is 180 Å². The molecule has 0 aliphatic heterocycles. The third-order valence-electron chi connectivity index (χ3n) is 16.1. The van der Waals surface area contributed by atoms with Gasteiger partial charge >= 0.3 is 39.5 Å². The van der Waals surface area contributed by atoms with Gasteiger partial charge in [-0.15, -0.1) is 0 Å². The second kappa shape index (κ2) is 82.1. The summed E-state index contributed by atoms with van der Waals surface area (Å²) in [5.74, 6) is -2.41. The Morgan fingerprint density at radius 2 is 0.464 bits per heavy atom. The number of esters is 4. The van der Waals surface area contributed by atoms with Gasteiger partial charge in [0.2, 0.25) is 0 Å². The molecule has 628 valence electrons. The van der Waals surface area contributed by atoms with E-state index in [4.69, 9.17) is 37.0 Å². The lowest BCUT2D eigenvalue weighted by atomic mass is 10.1. The predicted octanol–water partition coefficient (Wildman–Crippen LogP) is 25.0. The highest BCUT2D eigenvalue weighted by Crippen LogP contribution is 2.45. The highest BCUT2D eigenvalue weighted by Gasteiger charge is 2.30. The van der Waals surface area contributed by atoms with Crippen molar-refractivity contribution in [2.45, 2.75) is 290 Å². The van der Waals surface area contributed by atoms with Crippen LogP contribution in [0.25, 0.3) is 0 Å². The van der Waals surface area contributed by atoms with Gasteiger partial charge in [-0.05, 0) is 180 Å². The van der Waals surface area contributed by atoms with Gasteiger partial charge in [-0.1, -0.05) is 297 Å². The number of carbonyl (C=O) groups excluding carboxylic acids is 4. The minimum absolute atomic E-state index is 0.0105. The molecule has 3 N–H and O–H groups in total. The first-order valence-electron chi connectivity index (χ1n) is 41.6. The molecule has 0 rings (SSSR count). The first kappa shape index (κ1) is 105. The van der Waals surface area contributed by atoms with Gasteiger partial charge < -0.3 is 33.8 Å². The van der Waals surface area contributed by atoms with E-state index in [2.05, 4.69) is 228 Å². The van der Waals surface area contributed by atoms with Crippen LogP contribution in [0.15, 0.2) is 231 Å². The largest absolute Gasteiger partial charge is 0.472 e. The molecule has 0 amide bonds. The molecule has 0 aromatic carbocycles. The summed E-state index contributed by atoms with van der Waals surface area (Å²) >= 11 is 0. The summed E-state index contributed by atoms with van der Waals surface area (Å²) in [4.78, 5) is 73.2. The van der Waals surface area contributed by atoms with Gasteiger partial charge in [-0.2, -0.15) is 0 Å². The lowest BCUT2D eigenvalue weighted by Gasteiger charge is -2.21. The Balaban J connectivity index is 5.57. The topological polar surface area (TPSA) is 237 Å². The Hall–Kier alpha value is -6.88. The third-order valence-corrected chi connectivity index (χ3v) is 18.0. The van der Waals surface area contributed by atoms with E-state index in [9.17, 15) is 43.2 Å². The van der Waals surface area contributed by atoms with E-state index in [1.165, 1.54) is 0 Å². The third kappa shape index (κ3) is 81.1. The molecule has 0 spiro atoms. The van der Waals surface area contributed by atoms with Crippen LogP contribution in [0.1, 0.15) is 272 Å². The smallest absolute Gasteiger partial charge is 0.462 e. The fraction of sp³-hybridized carbons (Fsp3) is 0.548. The summed E-state index contributed by atoms with van der Waals surface area (Å²) in [7, 11) is -10.0. The van der Waals surface area contributed by atoms with Gasteiger partial charge in [-0.3, -0.25) is 37.3 Å². The van der Waals surface area contributed by atoms with E-state index < -0.39 is 97.5 Å². The van der Waals surface area contributed by atoms with Crippen LogP contribution in [0.3, 0.4) is 0 Å². The van der Waals surface area contributed by atoms with Crippen molar-refractivity contribution in [3.63, 3.8) is 0 Å². The lowest BCUT2D eigenvalue weighted by Crippen LogP contribution is -2.30. The maximum atomic E-state index is 13.1. The normalized spacial score (nSPS) is 15.0. The molecule has 112 heavy (non-hydrogen) atoms. The molecular formula is C93H144O17P2. The van der Waals surface area contributed by atoms with Crippen LogP contribution in [-0.2, 0) is 65.4 Å². The van der Waals surface area contributed by atoms with Crippen molar-refractivity contribution in [1.29, 1.82) is 0 Å². The van der Waals surface area contributed by atoms with E-state index in [0.29, 0.717) is 38.5 Å². The summed E-state index contributed by atoms with van der Waals surface area (Å²) in [5, 5.41) is 10.7. The molecule has 17 nitrogen and oxygen atoms in total. The van der Waals surface area contributed by atoms with Crippen molar-refractivity contribution in [3.05, 3.63) is 231 Å². The van der Waals surface area contributed by atoms with E-state index in [1.807, 2.05) is 30.4 Å². The van der Waals surface area contributed by atoms with E-state index in [1.54, 1.807) is 0 Å². The second-order valence-corrected chi connectivity index (χ2v) is 29.4. The van der Waals surface area contributed by atoms with Crippen LogP contribution >= 0.6 is 15.6 Å². The van der Waals surface area contributed by atoms with Crippen molar-refractivity contribution in [1.82, 2.24) is 0 Å². The van der Waals surface area contributed by atoms with Gasteiger partial charge in [0.1, 0.15) is 19.3 Å². The standard InChI is InChI=1S/C93H144O17P2/c1-5-9-13-17-21-25-29-33-37-41-43-47-49-53-57-61-65-69-73-77-90(95)103-83-88(109-92(97)79-75-71-67-63-59-55-51-45-39-35-31-27-23-19-15-11-7-3)85-107-111(99,100)105-81-87(94)82-106-112(101,102)108-86-89(110-93(98)80-76-72-68-64-60-56-52-46-40-36-32-28-24-20-16-12-8-4)84-104-91(96)78-74-70-66-62-58-54-50-48-44-42-38-34-30-26-22-18-14-10-6-2/h9-16,21-28,33-40,43-44,47-48,51-53,55-57,63,65,67,69,87-89,94H,5-8,17-20,29-32,41-42,45-46,49-50,54,58-62,64,66,68,70-86H2,1-4H3,(H,99,100)(H,101,102)/b13-9-,14-10-,15-11-,16-12-,25-21-,26-22-,27-23-,28-24-,37-33-,38-34-,39-35-,40-36-,47-43-,48-44-,55-51-,56-52-,57-53-,67-63-,69-65-. The van der Waals surface area contributed by atoms with Crippen LogP contribution in [0, 0.1) is 0 Å². The molecule has 0 aliphatic rings. The number of hydrogen-bond acceptors (Lipinski definition) is 15. The van der Waals surface area contributed by atoms with Crippen LogP contribution in [0.4, 0.5) is 0 Å². The second-order valence-electron chi connectivity index (χ2n) is 26.5. The number of unbranched alkanes of at least 4 members (excludes halogenated alkanes) is 11. The number of rotatable bonds is 75. The summed E-state index contributed by atoms with van der Waals surface area (Å²) < 4.78 is 68.6. The van der Waals surface area contributed by atoms with Crippen molar-refractivity contribution >= 4 is 39.5 Å². The Morgan fingerprint density at radius 1 is 0.250 bits per heavy atom. The van der Waals surface area contributed by atoms with Gasteiger partial charge in [0.05, 0.1) is 26.4 Å². The van der Waals surface area contributed by atoms with Crippen molar-refractivity contribution < 1.29 is 80.2 Å². The van der Waals surface area contributed by atoms with Gasteiger partial charge in [0.25, 0.3) is 0 Å². The molecule has 0 bridgehead atoms. The molecule has 0 aliphatic carbocycles. The Labute approximate surface area is 676 Å². The van der Waals surface area contributed by atoms with Gasteiger partial charge in [0.15, 0.2) is 12.2 Å². The fourth-order valence-electron chi connectivity index (χ4n) is 9.97. The molecule has 0 fully saturated rings. The molecule has 5 unspecified atom stereocenters. The highest BCUT2D eigenvalue weighted by molar-refractivity contribution is 7.47. The number of allylic oxidation sites excluding steroid dienone is 38. The number of hydrogen-bond donors (Lipinski definition) is 3. The summed E-state index contributed by atoms with van der Waals surface area (Å²) in [6.07, 6.45) is 106. The first-order chi connectivity index (χ1) is 54.7.